The molecule has 0 heteroatoms. The first-order valence-corrected chi connectivity index (χ1v) is 6.42. The van der Waals surface area contributed by atoms with Crippen LogP contribution in [0.15, 0.2) is 0 Å². The Kier molecular flexibility index (Phi) is 3.66. The molecule has 0 saturated heterocycles. The first-order valence-electron chi connectivity index (χ1n) is 6.42. The molecule has 0 N–H and O–H groups in total. The molecule has 1 aliphatic rings. The highest BCUT2D eigenvalue weighted by atomic mass is 14.5. The quantitative estimate of drug-likeness (QED) is 0.594. The number of hydrogen-bond acceptors (Lipinski definition) is 0. The van der Waals surface area contributed by atoms with Crippen LogP contribution < -0.4 is 0 Å². The van der Waals surface area contributed by atoms with Crippen molar-refractivity contribution in [2.24, 2.45) is 16.7 Å². The third kappa shape index (κ3) is 2.15. The lowest BCUT2D eigenvalue weighted by molar-refractivity contribution is -0.0140. The number of hydrogen-bond donors (Lipinski definition) is 0. The molecule has 0 nitrogen and oxygen atoms in total. The molecule has 1 atom stereocenters. The van der Waals surface area contributed by atoms with Gasteiger partial charge < -0.3 is 0 Å². The summed E-state index contributed by atoms with van der Waals surface area (Å²) < 4.78 is 0. The van der Waals surface area contributed by atoms with Crippen LogP contribution in [-0.2, 0) is 0 Å². The van der Waals surface area contributed by atoms with Crippen molar-refractivity contribution in [3.63, 3.8) is 0 Å². The molecule has 14 heavy (non-hydrogen) atoms. The van der Waals surface area contributed by atoms with E-state index in [0.717, 1.165) is 5.92 Å². The minimum Gasteiger partial charge on any atom is -0.0654 e. The molecule has 1 aliphatic carbocycles. The Labute approximate surface area is 90.5 Å². The first kappa shape index (κ1) is 12.1. The highest BCUT2D eigenvalue weighted by Crippen LogP contribution is 2.54. The van der Waals surface area contributed by atoms with Crippen LogP contribution in [-0.4, -0.2) is 0 Å². The molecule has 1 saturated carbocycles. The summed E-state index contributed by atoms with van der Waals surface area (Å²) in [5.74, 6) is 0.964. The van der Waals surface area contributed by atoms with Crippen LogP contribution in [0.5, 0.6) is 0 Å². The van der Waals surface area contributed by atoms with Crippen molar-refractivity contribution in [1.82, 2.24) is 0 Å². The van der Waals surface area contributed by atoms with Crippen LogP contribution >= 0.6 is 0 Å². The van der Waals surface area contributed by atoms with E-state index in [4.69, 9.17) is 0 Å². The zero-order valence-electron chi connectivity index (χ0n) is 10.8. The SMILES string of the molecule is CCCCC1CCCC(C)(C)C1(C)C. The summed E-state index contributed by atoms with van der Waals surface area (Å²) >= 11 is 0. The third-order valence-corrected chi connectivity index (χ3v) is 5.03. The molecular weight excluding hydrogens is 168 g/mol. The van der Waals surface area contributed by atoms with E-state index >= 15 is 0 Å². The molecule has 1 fully saturated rings. The third-order valence-electron chi connectivity index (χ3n) is 5.03. The largest absolute Gasteiger partial charge is 0.0654 e. The predicted molar refractivity (Wildman–Crippen MR) is 64.4 cm³/mol. The lowest BCUT2D eigenvalue weighted by atomic mass is 9.54. The topological polar surface area (TPSA) is 0 Å². The van der Waals surface area contributed by atoms with Gasteiger partial charge in [0.05, 0.1) is 0 Å². The minimum absolute atomic E-state index is 0.542. The Balaban J connectivity index is 2.66. The van der Waals surface area contributed by atoms with Crippen molar-refractivity contribution in [1.29, 1.82) is 0 Å². The van der Waals surface area contributed by atoms with Gasteiger partial charge in [-0.1, -0.05) is 53.9 Å². The first-order chi connectivity index (χ1) is 6.42. The van der Waals surface area contributed by atoms with Crippen LogP contribution in [0.1, 0.15) is 73.1 Å². The molecule has 0 aromatic rings. The summed E-state index contributed by atoms with van der Waals surface area (Å²) in [5.41, 5.74) is 1.09. The lowest BCUT2D eigenvalue weighted by Gasteiger charge is -2.51. The molecular formula is C14H28. The summed E-state index contributed by atoms with van der Waals surface area (Å²) in [5, 5.41) is 0. The van der Waals surface area contributed by atoms with Crippen LogP contribution in [0, 0.1) is 16.7 Å². The normalized spacial score (nSPS) is 30.2. The van der Waals surface area contributed by atoms with E-state index in [1.807, 2.05) is 0 Å². The van der Waals surface area contributed by atoms with E-state index in [1.165, 1.54) is 38.5 Å². The second kappa shape index (κ2) is 4.24. The zero-order valence-corrected chi connectivity index (χ0v) is 10.8. The maximum Gasteiger partial charge on any atom is -0.0275 e. The van der Waals surface area contributed by atoms with Gasteiger partial charge in [0.25, 0.3) is 0 Å². The Bertz CT molecular complexity index is 176. The van der Waals surface area contributed by atoms with E-state index < -0.39 is 0 Å². The maximum atomic E-state index is 2.49. The fourth-order valence-electron chi connectivity index (χ4n) is 2.98. The van der Waals surface area contributed by atoms with Gasteiger partial charge in [-0.3, -0.25) is 0 Å². The Morgan fingerprint density at radius 2 is 1.79 bits per heavy atom. The average Bonchev–Trinajstić information content (AvgIpc) is 2.08. The average molecular weight is 196 g/mol. The molecule has 0 spiro atoms. The standard InChI is InChI=1S/C14H28/c1-6-7-9-12-10-8-11-13(2,3)14(12,4)5/h12H,6-11H2,1-5H3. The maximum absolute atomic E-state index is 2.49. The van der Waals surface area contributed by atoms with Gasteiger partial charge in [-0.15, -0.1) is 0 Å². The van der Waals surface area contributed by atoms with Crippen molar-refractivity contribution >= 4 is 0 Å². The molecule has 0 aliphatic heterocycles. The van der Waals surface area contributed by atoms with Crippen molar-refractivity contribution < 1.29 is 0 Å². The van der Waals surface area contributed by atoms with E-state index in [-0.39, 0.29) is 0 Å². The summed E-state index contributed by atoms with van der Waals surface area (Å²) in [4.78, 5) is 0. The fraction of sp³-hybridized carbons (Fsp3) is 1.00. The van der Waals surface area contributed by atoms with E-state index in [9.17, 15) is 0 Å². The van der Waals surface area contributed by atoms with E-state index in [0.29, 0.717) is 10.8 Å². The van der Waals surface area contributed by atoms with Crippen molar-refractivity contribution in [3.05, 3.63) is 0 Å². The second-order valence-corrected chi connectivity index (χ2v) is 6.34. The summed E-state index contributed by atoms with van der Waals surface area (Å²) in [6.45, 7) is 12.2. The molecule has 0 aromatic heterocycles. The lowest BCUT2D eigenvalue weighted by Crippen LogP contribution is -2.42. The van der Waals surface area contributed by atoms with Crippen LogP contribution in [0.25, 0.3) is 0 Å². The van der Waals surface area contributed by atoms with Crippen molar-refractivity contribution in [2.75, 3.05) is 0 Å². The van der Waals surface area contributed by atoms with Crippen molar-refractivity contribution in [2.45, 2.75) is 73.1 Å². The van der Waals surface area contributed by atoms with Crippen LogP contribution in [0.4, 0.5) is 0 Å². The van der Waals surface area contributed by atoms with Gasteiger partial charge in [0, 0.05) is 0 Å². The van der Waals surface area contributed by atoms with Gasteiger partial charge >= 0.3 is 0 Å². The van der Waals surface area contributed by atoms with Crippen LogP contribution in [0.2, 0.25) is 0 Å². The van der Waals surface area contributed by atoms with E-state index in [1.54, 1.807) is 0 Å². The predicted octanol–water partition coefficient (Wildman–Crippen LogP) is 5.03. The molecule has 0 aromatic carbocycles. The van der Waals surface area contributed by atoms with Gasteiger partial charge in [-0.2, -0.15) is 0 Å². The zero-order chi connectivity index (χ0) is 10.8. The van der Waals surface area contributed by atoms with Gasteiger partial charge in [0.2, 0.25) is 0 Å². The van der Waals surface area contributed by atoms with E-state index in [2.05, 4.69) is 34.6 Å². The summed E-state index contributed by atoms with van der Waals surface area (Å²) in [6.07, 6.45) is 8.56. The number of rotatable bonds is 3. The van der Waals surface area contributed by atoms with Crippen LogP contribution in [0.3, 0.4) is 0 Å². The van der Waals surface area contributed by atoms with Gasteiger partial charge in [-0.25, -0.2) is 0 Å². The smallest absolute Gasteiger partial charge is 0.0275 e. The minimum atomic E-state index is 0.542. The highest BCUT2D eigenvalue weighted by Gasteiger charge is 2.44. The number of unbranched alkanes of at least 4 members (excludes halogenated alkanes) is 1. The fourth-order valence-corrected chi connectivity index (χ4v) is 2.98. The Morgan fingerprint density at radius 1 is 1.14 bits per heavy atom. The van der Waals surface area contributed by atoms with Gasteiger partial charge in [0.1, 0.15) is 0 Å². The second-order valence-electron chi connectivity index (χ2n) is 6.34. The molecule has 1 rings (SSSR count). The molecule has 0 amide bonds. The van der Waals surface area contributed by atoms with Gasteiger partial charge in [0.15, 0.2) is 0 Å². The Morgan fingerprint density at radius 3 is 2.36 bits per heavy atom. The molecule has 84 valence electrons. The van der Waals surface area contributed by atoms with Gasteiger partial charge in [-0.05, 0) is 36.0 Å². The monoisotopic (exact) mass is 196 g/mol. The molecule has 0 heterocycles. The summed E-state index contributed by atoms with van der Waals surface area (Å²) in [6, 6.07) is 0. The Hall–Kier alpha value is 0. The van der Waals surface area contributed by atoms with Crippen molar-refractivity contribution in [3.8, 4) is 0 Å². The molecule has 0 radical (unpaired) electrons. The molecule has 0 bridgehead atoms. The summed E-state index contributed by atoms with van der Waals surface area (Å²) in [7, 11) is 0. The molecule has 1 unspecified atom stereocenters. The highest BCUT2D eigenvalue weighted by molar-refractivity contribution is 4.94.